The Bertz CT molecular complexity index is 1370. The minimum absolute atomic E-state index is 0.178. The number of rotatable bonds is 7. The van der Waals surface area contributed by atoms with Gasteiger partial charge in [0, 0.05) is 43.2 Å². The van der Waals surface area contributed by atoms with Gasteiger partial charge < -0.3 is 15.2 Å². The summed E-state index contributed by atoms with van der Waals surface area (Å²) in [5.41, 5.74) is 5.58. The van der Waals surface area contributed by atoms with E-state index in [0.29, 0.717) is 17.1 Å². The predicted molar refractivity (Wildman–Crippen MR) is 136 cm³/mol. The summed E-state index contributed by atoms with van der Waals surface area (Å²) >= 11 is 1.37. The highest BCUT2D eigenvalue weighted by atomic mass is 32.1. The first-order chi connectivity index (χ1) is 17.1. The van der Waals surface area contributed by atoms with Crippen LogP contribution in [0, 0.1) is 0 Å². The van der Waals surface area contributed by atoms with Gasteiger partial charge in [0.15, 0.2) is 0 Å². The zero-order valence-electron chi connectivity index (χ0n) is 19.4. The Balaban J connectivity index is 1.42. The van der Waals surface area contributed by atoms with Crippen LogP contribution in [0.1, 0.15) is 38.8 Å². The zero-order chi connectivity index (χ0) is 24.4. The van der Waals surface area contributed by atoms with Gasteiger partial charge in [-0.2, -0.15) is 10.2 Å². The SMILES string of the molecule is COC1=CC(c2cnn(C)c2)=CN2N=CCC(c3csc(C(=O)NC(CO)c4ccccc4)c3)=C12. The second-order valence-corrected chi connectivity index (χ2v) is 9.10. The highest BCUT2D eigenvalue weighted by Crippen LogP contribution is 2.39. The summed E-state index contributed by atoms with van der Waals surface area (Å²) in [7, 11) is 3.52. The van der Waals surface area contributed by atoms with Crippen LogP contribution in [-0.4, -0.2) is 45.7 Å². The molecule has 9 heteroatoms. The molecule has 4 heterocycles. The van der Waals surface area contributed by atoms with Crippen molar-refractivity contribution >= 4 is 34.6 Å². The molecule has 0 aliphatic carbocycles. The summed E-state index contributed by atoms with van der Waals surface area (Å²) in [6.45, 7) is -0.178. The molecular formula is C26H25N5O3S. The van der Waals surface area contributed by atoms with E-state index in [0.717, 1.165) is 33.5 Å². The molecule has 5 rings (SSSR count). The van der Waals surface area contributed by atoms with E-state index in [2.05, 4.69) is 15.5 Å². The number of nitrogens with zero attached hydrogens (tertiary/aromatic N) is 4. The number of nitrogens with one attached hydrogen (secondary N) is 1. The topological polar surface area (TPSA) is 92.0 Å². The fourth-order valence-electron chi connectivity index (χ4n) is 4.15. The summed E-state index contributed by atoms with van der Waals surface area (Å²) in [5, 5.41) is 25.3. The Morgan fingerprint density at radius 2 is 2.11 bits per heavy atom. The number of allylic oxidation sites excluding steroid dienone is 3. The minimum atomic E-state index is -0.467. The highest BCUT2D eigenvalue weighted by Gasteiger charge is 2.28. The average Bonchev–Trinajstić information content (AvgIpc) is 3.56. The van der Waals surface area contributed by atoms with Crippen LogP contribution < -0.4 is 5.32 Å². The number of amides is 1. The van der Waals surface area contributed by atoms with Gasteiger partial charge in [0.05, 0.1) is 30.8 Å². The molecule has 0 radical (unpaired) electrons. The third-order valence-electron chi connectivity index (χ3n) is 5.92. The Hall–Kier alpha value is -3.95. The summed E-state index contributed by atoms with van der Waals surface area (Å²) in [6, 6.07) is 10.9. The molecule has 8 nitrogen and oxygen atoms in total. The van der Waals surface area contributed by atoms with E-state index in [1.807, 2.05) is 78.5 Å². The van der Waals surface area contributed by atoms with Crippen molar-refractivity contribution in [3.63, 3.8) is 0 Å². The molecule has 2 aliphatic heterocycles. The molecule has 35 heavy (non-hydrogen) atoms. The van der Waals surface area contributed by atoms with Gasteiger partial charge in [-0.1, -0.05) is 30.3 Å². The fourth-order valence-corrected chi connectivity index (χ4v) is 4.98. The Morgan fingerprint density at radius 3 is 2.83 bits per heavy atom. The number of hydrogen-bond donors (Lipinski definition) is 2. The van der Waals surface area contributed by atoms with E-state index in [-0.39, 0.29) is 12.5 Å². The minimum Gasteiger partial charge on any atom is -0.494 e. The van der Waals surface area contributed by atoms with Crippen molar-refractivity contribution in [2.45, 2.75) is 12.5 Å². The number of aryl methyl sites for hydroxylation is 1. The van der Waals surface area contributed by atoms with Gasteiger partial charge in [0.25, 0.3) is 5.91 Å². The van der Waals surface area contributed by atoms with Crippen molar-refractivity contribution in [2.24, 2.45) is 12.1 Å². The quantitative estimate of drug-likeness (QED) is 0.527. The van der Waals surface area contributed by atoms with E-state index in [9.17, 15) is 9.90 Å². The maximum Gasteiger partial charge on any atom is 0.261 e. The van der Waals surface area contributed by atoms with Crippen LogP contribution in [0.3, 0.4) is 0 Å². The molecule has 0 saturated heterocycles. The number of carbonyl (C=O) groups is 1. The molecule has 2 N–H and O–H groups in total. The number of aromatic nitrogens is 2. The van der Waals surface area contributed by atoms with E-state index in [1.165, 1.54) is 11.3 Å². The molecule has 2 aliphatic rings. The molecule has 1 amide bonds. The van der Waals surface area contributed by atoms with Crippen molar-refractivity contribution in [2.75, 3.05) is 13.7 Å². The molecule has 0 saturated carbocycles. The van der Waals surface area contributed by atoms with Gasteiger partial charge in [-0.25, -0.2) is 5.01 Å². The zero-order valence-corrected chi connectivity index (χ0v) is 20.2. The van der Waals surface area contributed by atoms with Gasteiger partial charge in [-0.15, -0.1) is 11.3 Å². The van der Waals surface area contributed by atoms with Crippen LogP contribution in [0.25, 0.3) is 11.1 Å². The van der Waals surface area contributed by atoms with Crippen molar-refractivity contribution in [1.29, 1.82) is 0 Å². The molecule has 1 aromatic carbocycles. The lowest BCUT2D eigenvalue weighted by atomic mass is 9.97. The first-order valence-corrected chi connectivity index (χ1v) is 12.0. The molecule has 2 aromatic heterocycles. The van der Waals surface area contributed by atoms with Crippen molar-refractivity contribution in [3.05, 3.63) is 99.5 Å². The Labute approximate surface area is 207 Å². The number of fused-ring (bicyclic) bond motifs is 1. The maximum absolute atomic E-state index is 13.0. The third kappa shape index (κ3) is 4.55. The molecule has 1 unspecified atom stereocenters. The van der Waals surface area contributed by atoms with Crippen LogP contribution in [0.15, 0.2) is 83.0 Å². The molecule has 0 fully saturated rings. The number of hydrazone groups is 1. The van der Waals surface area contributed by atoms with Crippen LogP contribution >= 0.6 is 11.3 Å². The maximum atomic E-state index is 13.0. The number of methoxy groups -OCH3 is 1. The highest BCUT2D eigenvalue weighted by molar-refractivity contribution is 7.12. The Morgan fingerprint density at radius 1 is 1.29 bits per heavy atom. The summed E-state index contributed by atoms with van der Waals surface area (Å²) in [6.07, 6.45) is 10.1. The number of thiophene rings is 1. The van der Waals surface area contributed by atoms with Crippen LogP contribution in [0.4, 0.5) is 0 Å². The standard InChI is InChI=1S/C26H25N5O3S/c1-30-13-20(12-28-30)18-10-23(34-2)25-21(8-9-27-31(25)14-18)19-11-24(35-16-19)26(33)29-22(15-32)17-6-4-3-5-7-17/h3-7,9-14,16,22,32H,8,15H2,1-2H3,(H,29,33). The average molecular weight is 488 g/mol. The molecule has 1 atom stereocenters. The van der Waals surface area contributed by atoms with Gasteiger partial charge in [-0.3, -0.25) is 9.48 Å². The van der Waals surface area contributed by atoms with Gasteiger partial charge in [0.1, 0.15) is 11.5 Å². The van der Waals surface area contributed by atoms with Crippen LogP contribution in [-0.2, 0) is 11.8 Å². The lowest BCUT2D eigenvalue weighted by Crippen LogP contribution is -2.30. The van der Waals surface area contributed by atoms with Gasteiger partial charge in [-0.05, 0) is 34.2 Å². The van der Waals surface area contributed by atoms with E-state index >= 15 is 0 Å². The number of hydrogen-bond acceptors (Lipinski definition) is 7. The van der Waals surface area contributed by atoms with E-state index in [4.69, 9.17) is 4.74 Å². The van der Waals surface area contributed by atoms with Crippen molar-refractivity contribution in [1.82, 2.24) is 20.1 Å². The summed E-state index contributed by atoms with van der Waals surface area (Å²) in [5.74, 6) is 0.473. The lowest BCUT2D eigenvalue weighted by Gasteiger charge is -2.30. The van der Waals surface area contributed by atoms with Crippen molar-refractivity contribution < 1.29 is 14.6 Å². The summed E-state index contributed by atoms with van der Waals surface area (Å²) < 4.78 is 7.51. The lowest BCUT2D eigenvalue weighted by molar-refractivity contribution is 0.0920. The summed E-state index contributed by atoms with van der Waals surface area (Å²) in [4.78, 5) is 13.5. The van der Waals surface area contributed by atoms with Gasteiger partial charge in [0.2, 0.25) is 0 Å². The third-order valence-corrected chi connectivity index (χ3v) is 6.85. The van der Waals surface area contributed by atoms with Crippen molar-refractivity contribution in [3.8, 4) is 0 Å². The number of carbonyl (C=O) groups excluding carboxylic acids is 1. The van der Waals surface area contributed by atoms with Crippen LogP contribution in [0.2, 0.25) is 0 Å². The Kier molecular flexibility index (Phi) is 6.35. The second-order valence-electron chi connectivity index (χ2n) is 8.19. The largest absolute Gasteiger partial charge is 0.494 e. The van der Waals surface area contributed by atoms with Gasteiger partial charge >= 0.3 is 0 Å². The second kappa shape index (κ2) is 9.73. The molecule has 3 aromatic rings. The molecular weight excluding hydrogens is 462 g/mol. The fraction of sp³-hybridized carbons (Fsp3) is 0.192. The number of benzene rings is 1. The van der Waals surface area contributed by atoms with Crippen LogP contribution in [0.5, 0.6) is 0 Å². The normalized spacial score (nSPS) is 15.9. The molecule has 0 spiro atoms. The molecule has 178 valence electrons. The number of ether oxygens (including phenoxy) is 1. The number of aliphatic hydroxyl groups excluding tert-OH is 1. The molecule has 0 bridgehead atoms. The monoisotopic (exact) mass is 487 g/mol. The smallest absolute Gasteiger partial charge is 0.261 e. The number of aliphatic hydroxyl groups is 1. The van der Waals surface area contributed by atoms with E-state index < -0.39 is 6.04 Å². The first-order valence-electron chi connectivity index (χ1n) is 11.1. The first kappa shape index (κ1) is 22.8. The predicted octanol–water partition coefficient (Wildman–Crippen LogP) is 3.93. The van der Waals surface area contributed by atoms with E-state index in [1.54, 1.807) is 18.0 Å².